The molecule has 34 heavy (non-hydrogen) atoms. The number of nitrogens with one attached hydrogen (secondary N) is 1. The maximum atomic E-state index is 5.92. The van der Waals surface area contributed by atoms with Crippen molar-refractivity contribution in [2.45, 2.75) is 6.42 Å². The summed E-state index contributed by atoms with van der Waals surface area (Å²) in [7, 11) is 3.58. The molecule has 0 saturated heterocycles. The van der Waals surface area contributed by atoms with Gasteiger partial charge in [0.25, 0.3) is 5.95 Å². The fraction of sp³-hybridized carbons (Fsp3) is 0.154. The summed E-state index contributed by atoms with van der Waals surface area (Å²) in [5.74, 6) is 1.66. The van der Waals surface area contributed by atoms with Crippen LogP contribution in [0.5, 0.6) is 11.5 Å². The Morgan fingerprint density at radius 3 is 2.65 bits per heavy atom. The maximum absolute atomic E-state index is 5.92. The molecule has 170 valence electrons. The molecule has 5 aromatic rings. The van der Waals surface area contributed by atoms with Gasteiger partial charge in [0.15, 0.2) is 17.1 Å². The van der Waals surface area contributed by atoms with Gasteiger partial charge < -0.3 is 14.0 Å². The van der Waals surface area contributed by atoms with E-state index in [2.05, 4.69) is 37.8 Å². The second-order valence-corrected chi connectivity index (χ2v) is 7.75. The topological polar surface area (TPSA) is 86.5 Å². The van der Waals surface area contributed by atoms with Gasteiger partial charge in [0, 0.05) is 18.9 Å². The lowest BCUT2D eigenvalue weighted by Crippen LogP contribution is -2.03. The molecule has 1 N–H and O–H groups in total. The van der Waals surface area contributed by atoms with Crippen LogP contribution in [0.3, 0.4) is 0 Å². The summed E-state index contributed by atoms with van der Waals surface area (Å²) in [4.78, 5) is 4.57. The summed E-state index contributed by atoms with van der Waals surface area (Å²) < 4.78 is 13.4. The summed E-state index contributed by atoms with van der Waals surface area (Å²) in [5.41, 5.74) is 7.50. The van der Waals surface area contributed by atoms with E-state index in [0.29, 0.717) is 24.1 Å². The van der Waals surface area contributed by atoms with E-state index >= 15 is 0 Å². The minimum absolute atomic E-state index is 0.322. The van der Waals surface area contributed by atoms with Crippen molar-refractivity contribution in [1.29, 1.82) is 0 Å². The van der Waals surface area contributed by atoms with E-state index in [4.69, 9.17) is 9.47 Å². The first-order chi connectivity index (χ1) is 16.7. The van der Waals surface area contributed by atoms with Crippen molar-refractivity contribution in [1.82, 2.24) is 19.7 Å². The van der Waals surface area contributed by atoms with Crippen LogP contribution in [0.25, 0.3) is 22.1 Å². The van der Waals surface area contributed by atoms with Crippen LogP contribution in [0.2, 0.25) is 0 Å². The number of fused-ring (bicyclic) bond motifs is 3. The van der Waals surface area contributed by atoms with Crippen molar-refractivity contribution < 1.29 is 9.47 Å². The molecule has 0 spiro atoms. The van der Waals surface area contributed by atoms with Crippen LogP contribution >= 0.6 is 0 Å². The third-order valence-electron chi connectivity index (χ3n) is 5.56. The first kappa shape index (κ1) is 21.4. The molecule has 0 aliphatic carbocycles. The SMILES string of the molecule is COc1cc(/C=N/Nc2nnc3c4ccccc4n(C)c3n2)ccc1OCCc1ccccc1. The molecule has 3 aromatic carbocycles. The van der Waals surface area contributed by atoms with Crippen molar-refractivity contribution in [3.63, 3.8) is 0 Å². The molecule has 8 nitrogen and oxygen atoms in total. The van der Waals surface area contributed by atoms with Gasteiger partial charge in [-0.05, 0) is 35.4 Å². The lowest BCUT2D eigenvalue weighted by atomic mass is 10.2. The highest BCUT2D eigenvalue weighted by Gasteiger charge is 2.12. The van der Waals surface area contributed by atoms with E-state index < -0.39 is 0 Å². The van der Waals surface area contributed by atoms with E-state index in [1.54, 1.807) is 13.3 Å². The van der Waals surface area contributed by atoms with Gasteiger partial charge in [0.2, 0.25) is 0 Å². The zero-order valence-corrected chi connectivity index (χ0v) is 19.0. The molecular weight excluding hydrogens is 428 g/mol. The van der Waals surface area contributed by atoms with Crippen LogP contribution < -0.4 is 14.9 Å². The van der Waals surface area contributed by atoms with Gasteiger partial charge in [-0.15, -0.1) is 10.2 Å². The lowest BCUT2D eigenvalue weighted by molar-refractivity contribution is 0.297. The van der Waals surface area contributed by atoms with Gasteiger partial charge in [0.1, 0.15) is 5.52 Å². The molecule has 2 aromatic heterocycles. The first-order valence-electron chi connectivity index (χ1n) is 10.9. The summed E-state index contributed by atoms with van der Waals surface area (Å²) in [6.07, 6.45) is 2.50. The van der Waals surface area contributed by atoms with Crippen molar-refractivity contribution in [2.24, 2.45) is 12.1 Å². The monoisotopic (exact) mass is 452 g/mol. The molecule has 0 saturated carbocycles. The molecule has 0 aliphatic rings. The molecular formula is C26H24N6O2. The molecule has 8 heteroatoms. The third kappa shape index (κ3) is 4.38. The van der Waals surface area contributed by atoms with Crippen LogP contribution in [-0.4, -0.2) is 39.7 Å². The molecule has 5 rings (SSSR count). The zero-order valence-electron chi connectivity index (χ0n) is 19.0. The summed E-state index contributed by atoms with van der Waals surface area (Å²) in [5, 5.41) is 13.8. The Bertz CT molecular complexity index is 1460. The standard InChI is InChI=1S/C26H24N6O2/c1-32-21-11-7-6-10-20(21)24-25(32)28-26(31-29-24)30-27-17-19-12-13-22(23(16-19)33-2)34-15-14-18-8-4-3-5-9-18/h3-13,16-17H,14-15H2,1-2H3,(H,28,30,31)/b27-17+. The third-order valence-corrected chi connectivity index (χ3v) is 5.56. The predicted molar refractivity (Wildman–Crippen MR) is 134 cm³/mol. The van der Waals surface area contributed by atoms with E-state index in [9.17, 15) is 0 Å². The first-order valence-corrected chi connectivity index (χ1v) is 10.9. The fourth-order valence-corrected chi connectivity index (χ4v) is 3.83. The van der Waals surface area contributed by atoms with Gasteiger partial charge in [-0.25, -0.2) is 5.43 Å². The molecule has 0 radical (unpaired) electrons. The number of ether oxygens (including phenoxy) is 2. The van der Waals surface area contributed by atoms with Gasteiger partial charge in [-0.3, -0.25) is 0 Å². The van der Waals surface area contributed by atoms with E-state index in [-0.39, 0.29) is 0 Å². The van der Waals surface area contributed by atoms with Crippen molar-refractivity contribution in [2.75, 3.05) is 19.1 Å². The highest BCUT2D eigenvalue weighted by molar-refractivity contribution is 6.04. The van der Waals surface area contributed by atoms with Crippen LogP contribution in [0.15, 0.2) is 77.9 Å². The molecule has 0 atom stereocenters. The maximum Gasteiger partial charge on any atom is 0.265 e. The van der Waals surface area contributed by atoms with Crippen LogP contribution in [0, 0.1) is 0 Å². The number of benzene rings is 3. The van der Waals surface area contributed by atoms with Crippen LogP contribution in [-0.2, 0) is 13.5 Å². The molecule has 0 aliphatic heterocycles. The van der Waals surface area contributed by atoms with E-state index in [1.807, 2.05) is 72.3 Å². The Morgan fingerprint density at radius 2 is 1.79 bits per heavy atom. The number of aromatic nitrogens is 4. The number of hydrogen-bond donors (Lipinski definition) is 1. The van der Waals surface area contributed by atoms with Gasteiger partial charge in [0.05, 0.1) is 25.4 Å². The average Bonchev–Trinajstić information content (AvgIpc) is 3.17. The second kappa shape index (κ2) is 9.58. The number of methoxy groups -OCH3 is 1. The number of nitrogens with zero attached hydrogens (tertiary/aromatic N) is 5. The largest absolute Gasteiger partial charge is 0.493 e. The highest BCUT2D eigenvalue weighted by Crippen LogP contribution is 2.28. The number of hydrazone groups is 1. The van der Waals surface area contributed by atoms with E-state index in [1.165, 1.54) is 5.56 Å². The normalized spacial score (nSPS) is 11.4. The Morgan fingerprint density at radius 1 is 0.971 bits per heavy atom. The Balaban J connectivity index is 1.26. The molecule has 0 unspecified atom stereocenters. The number of anilines is 1. The van der Waals surface area contributed by atoms with Crippen molar-refractivity contribution in [3.8, 4) is 11.5 Å². The average molecular weight is 453 g/mol. The van der Waals surface area contributed by atoms with Crippen molar-refractivity contribution in [3.05, 3.63) is 83.9 Å². The number of hydrogen-bond acceptors (Lipinski definition) is 7. The quantitative estimate of drug-likeness (QED) is 0.274. The number of rotatable bonds is 8. The van der Waals surface area contributed by atoms with Gasteiger partial charge >= 0.3 is 0 Å². The minimum atomic E-state index is 0.322. The second-order valence-electron chi connectivity index (χ2n) is 7.75. The minimum Gasteiger partial charge on any atom is -0.493 e. The van der Waals surface area contributed by atoms with Gasteiger partial charge in [-0.1, -0.05) is 48.5 Å². The molecule has 0 fully saturated rings. The summed E-state index contributed by atoms with van der Waals surface area (Å²) in [6, 6.07) is 23.9. The molecule has 0 amide bonds. The smallest absolute Gasteiger partial charge is 0.265 e. The molecule has 2 heterocycles. The Kier molecular flexibility index (Phi) is 6.03. The highest BCUT2D eigenvalue weighted by atomic mass is 16.5. The van der Waals surface area contributed by atoms with Gasteiger partial charge in [-0.2, -0.15) is 10.1 Å². The fourth-order valence-electron chi connectivity index (χ4n) is 3.83. The van der Waals surface area contributed by atoms with E-state index in [0.717, 1.165) is 34.1 Å². The lowest BCUT2D eigenvalue weighted by Gasteiger charge is -2.11. The molecule has 0 bridgehead atoms. The Hall–Kier alpha value is -4.46. The van der Waals surface area contributed by atoms with Crippen molar-refractivity contribution >= 4 is 34.2 Å². The predicted octanol–water partition coefficient (Wildman–Crippen LogP) is 4.59. The van der Waals surface area contributed by atoms with Crippen LogP contribution in [0.4, 0.5) is 5.95 Å². The zero-order chi connectivity index (χ0) is 23.3. The number of para-hydroxylation sites is 1. The Labute approximate surface area is 196 Å². The summed E-state index contributed by atoms with van der Waals surface area (Å²) >= 11 is 0. The number of aryl methyl sites for hydroxylation is 1. The van der Waals surface area contributed by atoms with Crippen LogP contribution in [0.1, 0.15) is 11.1 Å². The summed E-state index contributed by atoms with van der Waals surface area (Å²) in [6.45, 7) is 0.566.